The Morgan fingerprint density at radius 1 is 1.20 bits per heavy atom. The SMILES string of the molecule is CC(C)(O/N=C(\C(=O)N[C@@H]1C(=O)N2C(C(=O)O)=C(CN3C(=O)c4cc(Br)c(O)c(O)c4C3=O)CS[C@H]12)c1csc(N)n1)C(=O)O. The van der Waals surface area contributed by atoms with E-state index in [2.05, 4.69) is 31.4 Å². The highest BCUT2D eigenvalue weighted by Crippen LogP contribution is 2.44. The van der Waals surface area contributed by atoms with Gasteiger partial charge in [-0.1, -0.05) is 5.16 Å². The van der Waals surface area contributed by atoms with E-state index >= 15 is 0 Å². The van der Waals surface area contributed by atoms with E-state index in [4.69, 9.17) is 10.6 Å². The number of hydrogen-bond acceptors (Lipinski definition) is 14. The van der Waals surface area contributed by atoms with Crippen LogP contribution >= 0.6 is 39.0 Å². The number of β-lactam (4-membered cyclic amide) rings is 1. The quantitative estimate of drug-likeness (QED) is 0.0677. The third-order valence-corrected chi connectivity index (χ3v) is 9.53. The lowest BCUT2D eigenvalue weighted by Crippen LogP contribution is -2.71. The number of hydrogen-bond donors (Lipinski definition) is 6. The Kier molecular flexibility index (Phi) is 8.00. The predicted octanol–water partition coefficient (Wildman–Crippen LogP) is 0.518. The number of nitrogens with zero attached hydrogens (tertiary/aromatic N) is 4. The normalized spacial score (nSPS) is 19.7. The molecule has 5 rings (SSSR count). The average molecular weight is 726 g/mol. The van der Waals surface area contributed by atoms with E-state index in [-0.39, 0.29) is 32.2 Å². The van der Waals surface area contributed by atoms with Gasteiger partial charge in [-0.25, -0.2) is 14.6 Å². The number of aromatic nitrogens is 1. The first-order valence-corrected chi connectivity index (χ1v) is 15.3. The zero-order valence-corrected chi connectivity index (χ0v) is 26.1. The average Bonchev–Trinajstić information content (AvgIpc) is 3.50. The van der Waals surface area contributed by atoms with Gasteiger partial charge in [0.25, 0.3) is 23.6 Å². The molecule has 4 heterocycles. The summed E-state index contributed by atoms with van der Waals surface area (Å²) >= 11 is 5.00. The number of anilines is 1. The number of amides is 4. The molecule has 20 heteroatoms. The van der Waals surface area contributed by atoms with Crippen LogP contribution in [0.25, 0.3) is 0 Å². The number of carboxylic acid groups (broad SMARTS) is 2. The van der Waals surface area contributed by atoms with Gasteiger partial charge in [-0.05, 0) is 41.4 Å². The highest BCUT2D eigenvalue weighted by Gasteiger charge is 2.55. The number of oxime groups is 1. The van der Waals surface area contributed by atoms with Crippen LogP contribution in [0.4, 0.5) is 5.13 Å². The van der Waals surface area contributed by atoms with Gasteiger partial charge in [0.1, 0.15) is 22.8 Å². The van der Waals surface area contributed by atoms with E-state index in [1.807, 2.05) is 0 Å². The van der Waals surface area contributed by atoms with Crippen molar-refractivity contribution in [1.82, 2.24) is 20.1 Å². The van der Waals surface area contributed by atoms with Crippen LogP contribution in [0.3, 0.4) is 0 Å². The molecule has 0 bridgehead atoms. The fourth-order valence-corrected chi connectivity index (χ4v) is 6.83. The maximum absolute atomic E-state index is 13.3. The molecule has 17 nitrogen and oxygen atoms in total. The number of carbonyl (C=O) groups is 6. The number of carbonyl (C=O) groups excluding carboxylic acids is 4. The first-order valence-electron chi connectivity index (χ1n) is 12.6. The van der Waals surface area contributed by atoms with Crippen LogP contribution in [0.1, 0.15) is 40.3 Å². The first-order chi connectivity index (χ1) is 21.0. The van der Waals surface area contributed by atoms with E-state index in [0.717, 1.165) is 34.1 Å². The number of thiazole rings is 1. The third-order valence-electron chi connectivity index (χ3n) is 6.91. The zero-order valence-electron chi connectivity index (χ0n) is 22.9. The molecule has 3 aliphatic rings. The summed E-state index contributed by atoms with van der Waals surface area (Å²) in [5.41, 5.74) is 2.17. The largest absolute Gasteiger partial charge is 0.504 e. The topological polar surface area (TPSA) is 262 Å². The van der Waals surface area contributed by atoms with Crippen molar-refractivity contribution < 1.29 is 54.0 Å². The van der Waals surface area contributed by atoms with Crippen LogP contribution < -0.4 is 11.1 Å². The van der Waals surface area contributed by atoms with Crippen LogP contribution in [0, 0.1) is 0 Å². The lowest BCUT2D eigenvalue weighted by molar-refractivity contribution is -0.161. The standard InChI is InChI=1S/C25H21BrN6O11S2/c1-25(2,23(41)42)43-30-12(10-6-45-24(27)28-10)17(35)29-13-20(38)32-14(22(39)40)7(5-44-21(13)32)4-31-18(36)8-3-9(26)15(33)16(34)11(8)19(31)37/h3,6,13,21,33-34H,4-5H2,1-2H3,(H2,27,28)(H,29,35)(H,39,40)(H,41,42)/b30-12-/t13-,21-/m1/s1. The molecule has 4 amide bonds. The van der Waals surface area contributed by atoms with Gasteiger partial charge in [0.15, 0.2) is 22.3 Å². The summed E-state index contributed by atoms with van der Waals surface area (Å²) in [6, 6.07) is -0.0936. The minimum atomic E-state index is -1.83. The van der Waals surface area contributed by atoms with Gasteiger partial charge in [0.2, 0.25) is 5.60 Å². The van der Waals surface area contributed by atoms with Gasteiger partial charge in [-0.3, -0.25) is 29.0 Å². The zero-order chi connectivity index (χ0) is 33.1. The Labute approximate surface area is 268 Å². The van der Waals surface area contributed by atoms with E-state index in [1.165, 1.54) is 19.2 Å². The summed E-state index contributed by atoms with van der Waals surface area (Å²) < 4.78 is -0.0360. The summed E-state index contributed by atoms with van der Waals surface area (Å²) in [5.74, 6) is -8.07. The van der Waals surface area contributed by atoms with Gasteiger partial charge in [-0.2, -0.15) is 0 Å². The summed E-state index contributed by atoms with van der Waals surface area (Å²) in [6.07, 6.45) is 0. The highest BCUT2D eigenvalue weighted by molar-refractivity contribution is 9.10. The molecule has 0 spiro atoms. The molecule has 7 N–H and O–H groups in total. The second-order valence-corrected chi connectivity index (χ2v) is 13.1. The number of nitrogen functional groups attached to an aromatic ring is 1. The lowest BCUT2D eigenvalue weighted by atomic mass is 10.0. The smallest absolute Gasteiger partial charge is 0.352 e. The third kappa shape index (κ3) is 5.33. The molecule has 1 saturated heterocycles. The minimum absolute atomic E-state index is 0.0312. The highest BCUT2D eigenvalue weighted by atomic mass is 79.9. The number of halogens is 1. The molecule has 0 radical (unpaired) electrons. The Hall–Kier alpha value is -4.69. The fourth-order valence-electron chi connectivity index (χ4n) is 4.53. The second-order valence-electron chi connectivity index (χ2n) is 10.2. The van der Waals surface area contributed by atoms with Crippen LogP contribution in [0.2, 0.25) is 0 Å². The van der Waals surface area contributed by atoms with Crippen LogP contribution in [0.5, 0.6) is 11.5 Å². The molecule has 0 aliphatic carbocycles. The molecular formula is C25H21BrN6O11S2. The number of benzene rings is 1. The number of phenols is 2. The van der Waals surface area contributed by atoms with Crippen molar-refractivity contribution in [2.75, 3.05) is 18.0 Å². The number of nitrogens with two attached hydrogens (primary N) is 1. The number of phenolic OH excluding ortho intramolecular Hbond substituents is 2. The number of thioether (sulfide) groups is 1. The van der Waals surface area contributed by atoms with E-state index < -0.39 is 87.6 Å². The lowest BCUT2D eigenvalue weighted by Gasteiger charge is -2.49. The maximum atomic E-state index is 13.3. The molecule has 1 aromatic carbocycles. The Morgan fingerprint density at radius 3 is 2.49 bits per heavy atom. The van der Waals surface area contributed by atoms with E-state index in [0.29, 0.717) is 4.90 Å². The molecule has 0 unspecified atom stereocenters. The molecular weight excluding hydrogens is 704 g/mol. The monoisotopic (exact) mass is 724 g/mol. The number of aliphatic carboxylic acids is 2. The maximum Gasteiger partial charge on any atom is 0.352 e. The van der Waals surface area contributed by atoms with Crippen molar-refractivity contribution in [3.05, 3.63) is 44.0 Å². The van der Waals surface area contributed by atoms with E-state index in [9.17, 15) is 49.2 Å². The van der Waals surface area contributed by atoms with Crippen molar-refractivity contribution in [3.63, 3.8) is 0 Å². The van der Waals surface area contributed by atoms with Gasteiger partial charge in [-0.15, -0.1) is 23.1 Å². The van der Waals surface area contributed by atoms with Gasteiger partial charge < -0.3 is 36.3 Å². The van der Waals surface area contributed by atoms with Crippen molar-refractivity contribution in [1.29, 1.82) is 0 Å². The Morgan fingerprint density at radius 2 is 1.89 bits per heavy atom. The number of fused-ring (bicyclic) bond motifs is 2. The van der Waals surface area contributed by atoms with Gasteiger partial charge in [0.05, 0.1) is 22.1 Å². The summed E-state index contributed by atoms with van der Waals surface area (Å²) in [4.78, 5) is 86.9. The Balaban J connectivity index is 1.38. The molecule has 1 fully saturated rings. The molecule has 3 aliphatic heterocycles. The fraction of sp³-hybridized carbons (Fsp3) is 0.280. The van der Waals surface area contributed by atoms with Crippen molar-refractivity contribution in [2.45, 2.75) is 30.9 Å². The Bertz CT molecular complexity index is 1790. The summed E-state index contributed by atoms with van der Waals surface area (Å²) in [5, 5.41) is 46.2. The number of rotatable bonds is 9. The van der Waals surface area contributed by atoms with Gasteiger partial charge >= 0.3 is 11.9 Å². The number of nitrogens with one attached hydrogen (secondary N) is 1. The van der Waals surface area contributed by atoms with Crippen molar-refractivity contribution in [2.24, 2.45) is 5.16 Å². The second kappa shape index (κ2) is 11.3. The number of carboxylic acids is 2. The molecule has 0 saturated carbocycles. The van der Waals surface area contributed by atoms with Crippen molar-refractivity contribution >= 4 is 85.4 Å². The molecule has 236 valence electrons. The molecule has 2 aromatic rings. The predicted molar refractivity (Wildman–Crippen MR) is 158 cm³/mol. The van der Waals surface area contributed by atoms with Crippen LogP contribution in [-0.2, 0) is 24.0 Å². The minimum Gasteiger partial charge on any atom is -0.504 e. The molecule has 45 heavy (non-hydrogen) atoms. The first kappa shape index (κ1) is 31.7. The van der Waals surface area contributed by atoms with Gasteiger partial charge in [0, 0.05) is 11.1 Å². The van der Waals surface area contributed by atoms with Crippen molar-refractivity contribution in [3.8, 4) is 11.5 Å². The molecule has 2 atom stereocenters. The van der Waals surface area contributed by atoms with E-state index in [1.54, 1.807) is 0 Å². The van der Waals surface area contributed by atoms with Crippen LogP contribution in [-0.4, -0.2) is 106 Å². The number of imide groups is 1. The molecule has 1 aromatic heterocycles. The van der Waals surface area contributed by atoms with Crippen LogP contribution in [0.15, 0.2) is 32.3 Å². The summed E-state index contributed by atoms with van der Waals surface area (Å²) in [7, 11) is 0. The summed E-state index contributed by atoms with van der Waals surface area (Å²) in [6.45, 7) is 1.85. The number of aromatic hydroxyl groups is 2.